The third-order valence-electron chi connectivity index (χ3n) is 3.59. The first kappa shape index (κ1) is 17.2. The lowest BCUT2D eigenvalue weighted by atomic mass is 10.2. The number of benzene rings is 1. The summed E-state index contributed by atoms with van der Waals surface area (Å²) in [6.07, 6.45) is 1.04. The van der Waals surface area contributed by atoms with E-state index in [1.807, 2.05) is 7.05 Å². The van der Waals surface area contributed by atoms with Crippen molar-refractivity contribution >= 4 is 11.4 Å². The molecule has 0 aliphatic heterocycles. The van der Waals surface area contributed by atoms with E-state index in [0.29, 0.717) is 12.6 Å². The molecule has 1 rings (SSSR count). The van der Waals surface area contributed by atoms with E-state index in [9.17, 15) is 14.5 Å². The summed E-state index contributed by atoms with van der Waals surface area (Å²) in [4.78, 5) is 12.3. The van der Waals surface area contributed by atoms with Gasteiger partial charge in [-0.25, -0.2) is 4.39 Å². The Kier molecular flexibility index (Phi) is 6.36. The minimum atomic E-state index is -0.664. The first-order valence-corrected chi connectivity index (χ1v) is 6.86. The maximum Gasteiger partial charge on any atom is 0.313 e. The highest BCUT2D eigenvalue weighted by molar-refractivity contribution is 5.59. The number of nitro benzene ring substituents is 1. The first-order valence-electron chi connectivity index (χ1n) is 6.86. The van der Waals surface area contributed by atoms with Gasteiger partial charge in [-0.3, -0.25) is 10.1 Å². The third-order valence-corrected chi connectivity index (χ3v) is 3.59. The average molecular weight is 299 g/mol. The molecule has 0 aromatic heterocycles. The maximum absolute atomic E-state index is 13.8. The zero-order chi connectivity index (χ0) is 16.0. The van der Waals surface area contributed by atoms with Gasteiger partial charge >= 0.3 is 5.69 Å². The molecule has 0 radical (unpaired) electrons. The van der Waals surface area contributed by atoms with Gasteiger partial charge in [0.05, 0.1) is 23.8 Å². The van der Waals surface area contributed by atoms with Crippen LogP contribution >= 0.6 is 0 Å². The standard InChI is InChI=1S/C14H22FN3O3/c1-5-10(2)17(3)7-6-16-12-9-14(21-4)13(18(19)20)8-11(12)15/h8-10,16H,5-7H2,1-4H3. The van der Waals surface area contributed by atoms with Crippen molar-refractivity contribution in [1.29, 1.82) is 0 Å². The van der Waals surface area contributed by atoms with Crippen LogP contribution in [0.15, 0.2) is 12.1 Å². The molecule has 7 heteroatoms. The highest BCUT2D eigenvalue weighted by Gasteiger charge is 2.19. The van der Waals surface area contributed by atoms with Crippen LogP contribution in [-0.2, 0) is 0 Å². The zero-order valence-electron chi connectivity index (χ0n) is 12.9. The van der Waals surface area contributed by atoms with E-state index >= 15 is 0 Å². The van der Waals surface area contributed by atoms with Gasteiger partial charge in [0, 0.05) is 25.2 Å². The van der Waals surface area contributed by atoms with Gasteiger partial charge in [0.2, 0.25) is 0 Å². The number of nitro groups is 1. The van der Waals surface area contributed by atoms with Crippen LogP contribution < -0.4 is 10.1 Å². The van der Waals surface area contributed by atoms with Crippen molar-refractivity contribution in [3.63, 3.8) is 0 Å². The normalized spacial score (nSPS) is 12.3. The lowest BCUT2D eigenvalue weighted by Crippen LogP contribution is -2.32. The molecule has 0 heterocycles. The molecule has 1 unspecified atom stereocenters. The second-order valence-corrected chi connectivity index (χ2v) is 4.93. The van der Waals surface area contributed by atoms with E-state index in [0.717, 1.165) is 19.0 Å². The summed E-state index contributed by atoms with van der Waals surface area (Å²) in [6, 6.07) is 2.64. The lowest BCUT2D eigenvalue weighted by molar-refractivity contribution is -0.385. The van der Waals surface area contributed by atoms with Gasteiger partial charge < -0.3 is 15.0 Å². The Morgan fingerprint density at radius 1 is 1.52 bits per heavy atom. The van der Waals surface area contributed by atoms with Gasteiger partial charge in [0.15, 0.2) is 11.6 Å². The van der Waals surface area contributed by atoms with Gasteiger partial charge in [-0.15, -0.1) is 0 Å². The first-order chi connectivity index (χ1) is 9.90. The van der Waals surface area contributed by atoms with E-state index in [1.165, 1.54) is 13.2 Å². The minimum absolute atomic E-state index is 0.0409. The Morgan fingerprint density at radius 2 is 2.19 bits per heavy atom. The van der Waals surface area contributed by atoms with Crippen LogP contribution in [-0.4, -0.2) is 43.1 Å². The summed E-state index contributed by atoms with van der Waals surface area (Å²) in [5.41, 5.74) is -0.174. The molecular formula is C14H22FN3O3. The second kappa shape index (κ2) is 7.78. The summed E-state index contributed by atoms with van der Waals surface area (Å²) in [7, 11) is 3.32. The van der Waals surface area contributed by atoms with Crippen molar-refractivity contribution in [1.82, 2.24) is 4.90 Å². The molecule has 1 aromatic rings. The number of nitrogens with zero attached hydrogens (tertiary/aromatic N) is 2. The van der Waals surface area contributed by atoms with Gasteiger partial charge in [0.1, 0.15) is 0 Å². The van der Waals surface area contributed by atoms with Crippen LogP contribution in [0.5, 0.6) is 5.75 Å². The number of halogens is 1. The van der Waals surface area contributed by atoms with Crippen molar-refractivity contribution in [2.45, 2.75) is 26.3 Å². The summed E-state index contributed by atoms with van der Waals surface area (Å²) in [5.74, 6) is -0.618. The fourth-order valence-corrected chi connectivity index (χ4v) is 1.88. The van der Waals surface area contributed by atoms with Crippen LogP contribution in [0.25, 0.3) is 0 Å². The Hall–Kier alpha value is -1.89. The van der Waals surface area contributed by atoms with E-state index in [4.69, 9.17) is 4.74 Å². The molecule has 1 atom stereocenters. The van der Waals surface area contributed by atoms with Gasteiger partial charge in [0.25, 0.3) is 0 Å². The van der Waals surface area contributed by atoms with E-state index in [-0.39, 0.29) is 17.1 Å². The van der Waals surface area contributed by atoms with E-state index in [2.05, 4.69) is 24.1 Å². The van der Waals surface area contributed by atoms with Crippen molar-refractivity contribution in [2.24, 2.45) is 0 Å². The molecule has 6 nitrogen and oxygen atoms in total. The van der Waals surface area contributed by atoms with Crippen molar-refractivity contribution in [3.8, 4) is 5.75 Å². The van der Waals surface area contributed by atoms with Crippen LogP contribution in [0.1, 0.15) is 20.3 Å². The molecule has 0 amide bonds. The zero-order valence-corrected chi connectivity index (χ0v) is 12.9. The molecule has 0 aliphatic carbocycles. The molecule has 0 bridgehead atoms. The predicted molar refractivity (Wildman–Crippen MR) is 80.5 cm³/mol. The summed E-state index contributed by atoms with van der Waals surface area (Å²) < 4.78 is 18.8. The number of ether oxygens (including phenoxy) is 1. The van der Waals surface area contributed by atoms with Crippen molar-refractivity contribution in [2.75, 3.05) is 32.6 Å². The smallest absolute Gasteiger partial charge is 0.313 e. The van der Waals surface area contributed by atoms with Crippen LogP contribution in [0, 0.1) is 15.9 Å². The van der Waals surface area contributed by atoms with Gasteiger partial charge in [-0.1, -0.05) is 6.92 Å². The average Bonchev–Trinajstić information content (AvgIpc) is 2.47. The Morgan fingerprint density at radius 3 is 2.71 bits per heavy atom. The number of anilines is 1. The fraction of sp³-hybridized carbons (Fsp3) is 0.571. The van der Waals surface area contributed by atoms with Crippen LogP contribution in [0.3, 0.4) is 0 Å². The third kappa shape index (κ3) is 4.56. The molecule has 0 aliphatic rings. The Labute approximate surface area is 124 Å². The number of nitrogens with one attached hydrogen (secondary N) is 1. The molecule has 118 valence electrons. The number of rotatable bonds is 8. The number of methoxy groups -OCH3 is 1. The summed E-state index contributed by atoms with van der Waals surface area (Å²) in [6.45, 7) is 5.51. The summed E-state index contributed by atoms with van der Waals surface area (Å²) >= 11 is 0. The van der Waals surface area contributed by atoms with Crippen LogP contribution in [0.4, 0.5) is 15.8 Å². The molecule has 0 saturated carbocycles. The van der Waals surface area contributed by atoms with Crippen molar-refractivity contribution < 1.29 is 14.1 Å². The molecular weight excluding hydrogens is 277 g/mol. The van der Waals surface area contributed by atoms with Crippen molar-refractivity contribution in [3.05, 3.63) is 28.1 Å². The largest absolute Gasteiger partial charge is 0.490 e. The Bertz CT molecular complexity index is 497. The molecule has 0 spiro atoms. The highest BCUT2D eigenvalue weighted by Crippen LogP contribution is 2.32. The molecule has 0 saturated heterocycles. The summed E-state index contributed by atoms with van der Waals surface area (Å²) in [5, 5.41) is 13.7. The minimum Gasteiger partial charge on any atom is -0.490 e. The lowest BCUT2D eigenvalue weighted by Gasteiger charge is -2.23. The maximum atomic E-state index is 13.8. The highest BCUT2D eigenvalue weighted by atomic mass is 19.1. The quantitative estimate of drug-likeness (QED) is 0.590. The van der Waals surface area contributed by atoms with Crippen LogP contribution in [0.2, 0.25) is 0 Å². The van der Waals surface area contributed by atoms with E-state index in [1.54, 1.807) is 0 Å². The monoisotopic (exact) mass is 299 g/mol. The molecule has 21 heavy (non-hydrogen) atoms. The topological polar surface area (TPSA) is 67.6 Å². The molecule has 1 aromatic carbocycles. The molecule has 0 fully saturated rings. The molecule has 1 N–H and O–H groups in total. The Balaban J connectivity index is 2.74. The SMILES string of the molecule is CCC(C)N(C)CCNc1cc(OC)c([N+](=O)[O-])cc1F. The van der Waals surface area contributed by atoms with E-state index < -0.39 is 10.7 Å². The predicted octanol–water partition coefficient (Wildman–Crippen LogP) is 2.88. The van der Waals surface area contributed by atoms with Gasteiger partial charge in [-0.05, 0) is 20.4 Å². The number of hydrogen-bond donors (Lipinski definition) is 1. The van der Waals surface area contributed by atoms with Gasteiger partial charge in [-0.2, -0.15) is 0 Å². The fourth-order valence-electron chi connectivity index (χ4n) is 1.88. The number of hydrogen-bond acceptors (Lipinski definition) is 5. The second-order valence-electron chi connectivity index (χ2n) is 4.93. The number of likely N-dealkylation sites (N-methyl/N-ethyl adjacent to an activating group) is 1.